The Balaban J connectivity index is 2.68. The van der Waals surface area contributed by atoms with Gasteiger partial charge in [-0.25, -0.2) is 9.59 Å². The Morgan fingerprint density at radius 1 is 1.39 bits per heavy atom. The summed E-state index contributed by atoms with van der Waals surface area (Å²) in [4.78, 5) is 22.0. The van der Waals surface area contributed by atoms with Crippen molar-refractivity contribution in [1.29, 1.82) is 0 Å². The van der Waals surface area contributed by atoms with Crippen molar-refractivity contribution in [3.8, 4) is 5.75 Å². The molecule has 0 fully saturated rings. The lowest BCUT2D eigenvalue weighted by atomic mass is 10.2. The van der Waals surface area contributed by atoms with E-state index in [2.05, 4.69) is 5.32 Å². The summed E-state index contributed by atoms with van der Waals surface area (Å²) in [5.41, 5.74) is 0.0438. The van der Waals surface area contributed by atoms with Crippen LogP contribution >= 0.6 is 0 Å². The summed E-state index contributed by atoms with van der Waals surface area (Å²) in [5.74, 6) is -1.27. The first-order chi connectivity index (χ1) is 8.40. The molecule has 0 aliphatic rings. The highest BCUT2D eigenvalue weighted by molar-refractivity contribution is 5.91. The molecule has 0 aliphatic carbocycles. The summed E-state index contributed by atoms with van der Waals surface area (Å²) in [5, 5.41) is 20.6. The molecule has 3 N–H and O–H groups in total. The lowest BCUT2D eigenvalue weighted by Crippen LogP contribution is -2.16. The van der Waals surface area contributed by atoms with Crippen LogP contribution in [0.5, 0.6) is 5.75 Å². The summed E-state index contributed by atoms with van der Waals surface area (Å²) in [7, 11) is 0. The monoisotopic (exact) mass is 253 g/mol. The van der Waals surface area contributed by atoms with Gasteiger partial charge in [0.05, 0.1) is 17.9 Å². The van der Waals surface area contributed by atoms with Gasteiger partial charge in [-0.2, -0.15) is 0 Å². The first-order valence-electron chi connectivity index (χ1n) is 5.40. The zero-order valence-corrected chi connectivity index (χ0v) is 10.1. The Morgan fingerprint density at radius 3 is 2.56 bits per heavy atom. The molecule has 0 radical (unpaired) electrons. The maximum atomic E-state index is 11.3. The summed E-state index contributed by atoms with van der Waals surface area (Å²) in [6.45, 7) is 4.05. The molecule has 0 saturated heterocycles. The second-order valence-electron chi connectivity index (χ2n) is 4.15. The number of benzene rings is 1. The Morgan fingerprint density at radius 2 is 2.06 bits per heavy atom. The van der Waals surface area contributed by atoms with E-state index in [1.165, 1.54) is 12.1 Å². The van der Waals surface area contributed by atoms with Gasteiger partial charge < -0.3 is 14.9 Å². The number of amides is 1. The number of carboxylic acids is 1. The second-order valence-corrected chi connectivity index (χ2v) is 4.15. The molecule has 98 valence electrons. The molecule has 0 aliphatic heterocycles. The number of aromatic carboxylic acids is 1. The van der Waals surface area contributed by atoms with Crippen molar-refractivity contribution >= 4 is 17.7 Å². The van der Waals surface area contributed by atoms with Gasteiger partial charge in [-0.15, -0.1) is 0 Å². The maximum Gasteiger partial charge on any atom is 0.411 e. The largest absolute Gasteiger partial charge is 0.506 e. The van der Waals surface area contributed by atoms with Crippen molar-refractivity contribution in [2.24, 2.45) is 5.92 Å². The summed E-state index contributed by atoms with van der Waals surface area (Å²) in [6, 6.07) is 3.63. The Bertz CT molecular complexity index is 456. The molecule has 1 rings (SSSR count). The molecule has 1 aromatic rings. The minimum Gasteiger partial charge on any atom is -0.506 e. The number of hydrogen-bond acceptors (Lipinski definition) is 4. The fraction of sp³-hybridized carbons (Fsp3) is 0.333. The summed E-state index contributed by atoms with van der Waals surface area (Å²) >= 11 is 0. The van der Waals surface area contributed by atoms with Crippen LogP contribution in [0.25, 0.3) is 0 Å². The highest BCUT2D eigenvalue weighted by atomic mass is 16.5. The van der Waals surface area contributed by atoms with Crippen molar-refractivity contribution in [2.45, 2.75) is 13.8 Å². The van der Waals surface area contributed by atoms with Crippen LogP contribution in [0.2, 0.25) is 0 Å². The van der Waals surface area contributed by atoms with Gasteiger partial charge in [-0.1, -0.05) is 13.8 Å². The average molecular weight is 253 g/mol. The van der Waals surface area contributed by atoms with Gasteiger partial charge in [0.2, 0.25) is 0 Å². The van der Waals surface area contributed by atoms with Gasteiger partial charge in [0, 0.05) is 0 Å². The molecule has 0 unspecified atom stereocenters. The van der Waals surface area contributed by atoms with Gasteiger partial charge in [-0.3, -0.25) is 5.32 Å². The lowest BCUT2D eigenvalue weighted by Gasteiger charge is -2.10. The molecule has 0 saturated carbocycles. The standard InChI is InChI=1S/C12H15NO5/c1-7(2)6-18-12(17)13-9-4-3-8(11(15)16)5-10(9)14/h3-5,7,14H,6H2,1-2H3,(H,13,17)(H,15,16). The normalized spacial score (nSPS) is 10.2. The zero-order chi connectivity index (χ0) is 13.7. The van der Waals surface area contributed by atoms with Gasteiger partial charge in [0.25, 0.3) is 0 Å². The minimum atomic E-state index is -1.15. The van der Waals surface area contributed by atoms with Crippen molar-refractivity contribution in [3.63, 3.8) is 0 Å². The van der Waals surface area contributed by atoms with Crippen molar-refractivity contribution < 1.29 is 24.5 Å². The molecular weight excluding hydrogens is 238 g/mol. The fourth-order valence-electron chi connectivity index (χ4n) is 1.16. The molecule has 1 amide bonds. The van der Waals surface area contributed by atoms with Crippen LogP contribution in [-0.4, -0.2) is 28.9 Å². The minimum absolute atomic E-state index is 0.0615. The van der Waals surface area contributed by atoms with E-state index < -0.39 is 12.1 Å². The van der Waals surface area contributed by atoms with Crippen LogP contribution in [0.1, 0.15) is 24.2 Å². The number of carboxylic acid groups (broad SMARTS) is 1. The zero-order valence-electron chi connectivity index (χ0n) is 10.1. The lowest BCUT2D eigenvalue weighted by molar-refractivity contribution is 0.0696. The molecule has 1 aromatic carbocycles. The van der Waals surface area contributed by atoms with Crippen LogP contribution in [0.15, 0.2) is 18.2 Å². The molecule has 0 bridgehead atoms. The number of phenolic OH excluding ortho intramolecular Hbond substituents is 1. The number of aromatic hydroxyl groups is 1. The summed E-state index contributed by atoms with van der Waals surface area (Å²) < 4.78 is 4.86. The van der Waals surface area contributed by atoms with Crippen LogP contribution < -0.4 is 5.32 Å². The van der Waals surface area contributed by atoms with E-state index in [4.69, 9.17) is 9.84 Å². The Hall–Kier alpha value is -2.24. The molecule has 0 heterocycles. The van der Waals surface area contributed by atoms with Crippen molar-refractivity contribution in [3.05, 3.63) is 23.8 Å². The number of anilines is 1. The van der Waals surface area contributed by atoms with Gasteiger partial charge >= 0.3 is 12.1 Å². The van der Waals surface area contributed by atoms with Gasteiger partial charge in [-0.05, 0) is 24.1 Å². The molecule has 6 heteroatoms. The van der Waals surface area contributed by atoms with Crippen LogP contribution in [0.4, 0.5) is 10.5 Å². The molecule has 0 spiro atoms. The molecule has 0 atom stereocenters. The highest BCUT2D eigenvalue weighted by Crippen LogP contribution is 2.24. The number of nitrogens with one attached hydrogen (secondary N) is 1. The second kappa shape index (κ2) is 5.90. The molecule has 6 nitrogen and oxygen atoms in total. The predicted molar refractivity (Wildman–Crippen MR) is 64.9 cm³/mol. The average Bonchev–Trinajstić information content (AvgIpc) is 2.29. The first-order valence-corrected chi connectivity index (χ1v) is 5.40. The number of rotatable bonds is 4. The Kier molecular flexibility index (Phi) is 4.53. The first kappa shape index (κ1) is 13.8. The van der Waals surface area contributed by atoms with E-state index in [9.17, 15) is 14.7 Å². The molecular formula is C12H15NO5. The van der Waals surface area contributed by atoms with Crippen molar-refractivity contribution in [1.82, 2.24) is 0 Å². The van der Waals surface area contributed by atoms with E-state index in [0.29, 0.717) is 0 Å². The molecule has 0 aromatic heterocycles. The fourth-order valence-corrected chi connectivity index (χ4v) is 1.16. The number of phenols is 1. The van der Waals surface area contributed by atoms with E-state index >= 15 is 0 Å². The quantitative estimate of drug-likeness (QED) is 0.715. The summed E-state index contributed by atoms with van der Waals surface area (Å²) in [6.07, 6.45) is -0.693. The van der Waals surface area contributed by atoms with E-state index in [1.54, 1.807) is 0 Å². The third-order valence-corrected chi connectivity index (χ3v) is 2.03. The SMILES string of the molecule is CC(C)COC(=O)Nc1ccc(C(=O)O)cc1O. The third-order valence-electron chi connectivity index (χ3n) is 2.03. The Labute approximate surface area is 104 Å². The third kappa shape index (κ3) is 3.97. The van der Waals surface area contributed by atoms with E-state index in [0.717, 1.165) is 6.07 Å². The predicted octanol–water partition coefficient (Wildman–Crippen LogP) is 2.29. The van der Waals surface area contributed by atoms with Crippen LogP contribution in [0.3, 0.4) is 0 Å². The number of carbonyl (C=O) groups excluding carboxylic acids is 1. The smallest absolute Gasteiger partial charge is 0.411 e. The van der Waals surface area contributed by atoms with Gasteiger partial charge in [0.15, 0.2) is 0 Å². The van der Waals surface area contributed by atoms with E-state index in [-0.39, 0.29) is 29.5 Å². The van der Waals surface area contributed by atoms with Gasteiger partial charge in [0.1, 0.15) is 5.75 Å². The van der Waals surface area contributed by atoms with Crippen LogP contribution in [0, 0.1) is 5.92 Å². The van der Waals surface area contributed by atoms with Crippen LogP contribution in [-0.2, 0) is 4.74 Å². The van der Waals surface area contributed by atoms with Crippen molar-refractivity contribution in [2.75, 3.05) is 11.9 Å². The number of carbonyl (C=O) groups is 2. The number of ether oxygens (including phenoxy) is 1. The van der Waals surface area contributed by atoms with E-state index in [1.807, 2.05) is 13.8 Å². The number of hydrogen-bond donors (Lipinski definition) is 3. The maximum absolute atomic E-state index is 11.3. The topological polar surface area (TPSA) is 95.9 Å². The highest BCUT2D eigenvalue weighted by Gasteiger charge is 2.11. The molecule has 18 heavy (non-hydrogen) atoms.